The third kappa shape index (κ3) is 5.23. The molecule has 0 spiro atoms. The number of aromatic nitrogens is 1. The molecule has 8 nitrogen and oxygen atoms in total. The van der Waals surface area contributed by atoms with Crippen LogP contribution in [0, 0.1) is 19.8 Å². The molecule has 1 atom stereocenters. The number of benzene rings is 2. The van der Waals surface area contributed by atoms with E-state index in [2.05, 4.69) is 15.0 Å². The maximum Gasteiger partial charge on any atom is 0.231 e. The van der Waals surface area contributed by atoms with E-state index in [-0.39, 0.29) is 18.2 Å². The Morgan fingerprint density at radius 1 is 1.15 bits per heavy atom. The normalized spacial score (nSPS) is 16.2. The molecule has 1 aliphatic heterocycles. The van der Waals surface area contributed by atoms with Gasteiger partial charge in [-0.1, -0.05) is 24.3 Å². The molecule has 2 amide bonds. The Bertz CT molecular complexity index is 1320. The minimum atomic E-state index is -3.34. The first-order valence-corrected chi connectivity index (χ1v) is 13.1. The van der Waals surface area contributed by atoms with Crippen LogP contribution in [0.15, 0.2) is 47.8 Å². The molecular formula is C23H24N4O4S2. The SMILES string of the molecule is Cc1cccc(N2CC(C(=O)Nc3nc(-c4ccc(NS(C)(=O)=O)cc4)cs3)CC2=O)c1C. The molecule has 0 bridgehead atoms. The molecule has 3 aromatic rings. The molecule has 33 heavy (non-hydrogen) atoms. The molecule has 1 aromatic heterocycles. The molecule has 4 rings (SSSR count). The molecule has 2 aromatic carbocycles. The van der Waals surface area contributed by atoms with Crippen molar-refractivity contribution < 1.29 is 18.0 Å². The van der Waals surface area contributed by atoms with Gasteiger partial charge in [0, 0.05) is 35.3 Å². The highest BCUT2D eigenvalue weighted by Crippen LogP contribution is 2.31. The number of carbonyl (C=O) groups is 2. The lowest BCUT2D eigenvalue weighted by Gasteiger charge is -2.20. The maximum atomic E-state index is 12.8. The van der Waals surface area contributed by atoms with Crippen molar-refractivity contribution >= 4 is 49.7 Å². The molecule has 0 radical (unpaired) electrons. The second kappa shape index (κ2) is 8.95. The summed E-state index contributed by atoms with van der Waals surface area (Å²) in [6.45, 7) is 4.31. The molecule has 1 unspecified atom stereocenters. The van der Waals surface area contributed by atoms with E-state index in [1.165, 1.54) is 11.3 Å². The highest BCUT2D eigenvalue weighted by molar-refractivity contribution is 7.92. The monoisotopic (exact) mass is 484 g/mol. The number of hydrogen-bond donors (Lipinski definition) is 2. The van der Waals surface area contributed by atoms with Crippen LogP contribution in [0.4, 0.5) is 16.5 Å². The van der Waals surface area contributed by atoms with Crippen molar-refractivity contribution in [3.8, 4) is 11.3 Å². The lowest BCUT2D eigenvalue weighted by atomic mass is 10.1. The summed E-state index contributed by atoms with van der Waals surface area (Å²) in [6, 6.07) is 12.6. The molecule has 1 saturated heterocycles. The fraction of sp³-hybridized carbons (Fsp3) is 0.261. The molecular weight excluding hydrogens is 460 g/mol. The third-order valence-corrected chi connectivity index (χ3v) is 6.95. The Hall–Kier alpha value is -3.24. The predicted molar refractivity (Wildman–Crippen MR) is 131 cm³/mol. The average molecular weight is 485 g/mol. The first-order chi connectivity index (χ1) is 15.6. The molecule has 2 N–H and O–H groups in total. The van der Waals surface area contributed by atoms with Crippen LogP contribution in [0.1, 0.15) is 17.5 Å². The van der Waals surface area contributed by atoms with E-state index in [0.29, 0.717) is 23.1 Å². The standard InChI is InChI=1S/C23H24N4O4S2/c1-14-5-4-6-20(15(14)2)27-12-17(11-21(27)28)22(29)25-23-24-19(13-32-23)16-7-9-18(10-8-16)26-33(3,30)31/h4-10,13,17,26H,11-12H2,1-3H3,(H,24,25,29). The van der Waals surface area contributed by atoms with Crippen molar-refractivity contribution in [1.29, 1.82) is 0 Å². The van der Waals surface area contributed by atoms with E-state index in [1.807, 2.05) is 37.4 Å². The van der Waals surface area contributed by atoms with Crippen molar-refractivity contribution in [3.05, 3.63) is 59.0 Å². The Kier molecular flexibility index (Phi) is 6.22. The van der Waals surface area contributed by atoms with Crippen molar-refractivity contribution in [1.82, 2.24) is 4.98 Å². The van der Waals surface area contributed by atoms with Gasteiger partial charge in [-0.25, -0.2) is 13.4 Å². The summed E-state index contributed by atoms with van der Waals surface area (Å²) in [6.07, 6.45) is 1.25. The van der Waals surface area contributed by atoms with E-state index < -0.39 is 15.9 Å². The van der Waals surface area contributed by atoms with Crippen molar-refractivity contribution in [3.63, 3.8) is 0 Å². The smallest absolute Gasteiger partial charge is 0.231 e. The minimum Gasteiger partial charge on any atom is -0.311 e. The van der Waals surface area contributed by atoms with Crippen LogP contribution in [0.5, 0.6) is 0 Å². The van der Waals surface area contributed by atoms with Gasteiger partial charge in [-0.2, -0.15) is 0 Å². The van der Waals surface area contributed by atoms with E-state index in [4.69, 9.17) is 0 Å². The fourth-order valence-electron chi connectivity index (χ4n) is 3.74. The summed E-state index contributed by atoms with van der Waals surface area (Å²) in [5.41, 5.74) is 4.91. The highest BCUT2D eigenvalue weighted by Gasteiger charge is 2.36. The number of sulfonamides is 1. The van der Waals surface area contributed by atoms with E-state index in [0.717, 1.165) is 28.6 Å². The Morgan fingerprint density at radius 3 is 2.58 bits per heavy atom. The minimum absolute atomic E-state index is 0.0635. The van der Waals surface area contributed by atoms with Crippen LogP contribution in [0.2, 0.25) is 0 Å². The van der Waals surface area contributed by atoms with Gasteiger partial charge in [-0.15, -0.1) is 11.3 Å². The fourth-order valence-corrected chi connectivity index (χ4v) is 5.03. The van der Waals surface area contributed by atoms with Gasteiger partial charge in [0.1, 0.15) is 0 Å². The van der Waals surface area contributed by atoms with Crippen LogP contribution in [-0.4, -0.2) is 38.0 Å². The first kappa shape index (κ1) is 22.9. The first-order valence-electron chi connectivity index (χ1n) is 10.3. The number of aryl methyl sites for hydroxylation is 1. The van der Waals surface area contributed by atoms with Crippen LogP contribution in [0.25, 0.3) is 11.3 Å². The van der Waals surface area contributed by atoms with Crippen LogP contribution in [0.3, 0.4) is 0 Å². The average Bonchev–Trinajstić information content (AvgIpc) is 3.36. The lowest BCUT2D eigenvalue weighted by Crippen LogP contribution is -2.28. The Labute approximate surface area is 196 Å². The lowest BCUT2D eigenvalue weighted by molar-refractivity contribution is -0.122. The van der Waals surface area contributed by atoms with Gasteiger partial charge in [0.25, 0.3) is 0 Å². The number of nitrogens with zero attached hydrogens (tertiary/aromatic N) is 2. The van der Waals surface area contributed by atoms with Gasteiger partial charge < -0.3 is 10.2 Å². The number of nitrogens with one attached hydrogen (secondary N) is 2. The zero-order chi connectivity index (χ0) is 23.8. The van der Waals surface area contributed by atoms with Crippen molar-refractivity contribution in [2.75, 3.05) is 27.7 Å². The molecule has 0 saturated carbocycles. The number of carbonyl (C=O) groups excluding carboxylic acids is 2. The molecule has 10 heteroatoms. The third-order valence-electron chi connectivity index (χ3n) is 5.58. The zero-order valence-corrected chi connectivity index (χ0v) is 20.1. The summed E-state index contributed by atoms with van der Waals surface area (Å²) in [5, 5.41) is 5.10. The summed E-state index contributed by atoms with van der Waals surface area (Å²) < 4.78 is 25.1. The second-order valence-electron chi connectivity index (χ2n) is 8.10. The molecule has 2 heterocycles. The second-order valence-corrected chi connectivity index (χ2v) is 10.7. The maximum absolute atomic E-state index is 12.8. The molecule has 1 aliphatic rings. The van der Waals surface area contributed by atoms with Gasteiger partial charge >= 0.3 is 0 Å². The van der Waals surface area contributed by atoms with Gasteiger partial charge in [0.2, 0.25) is 21.8 Å². The number of anilines is 3. The van der Waals surface area contributed by atoms with Crippen molar-refractivity contribution in [2.24, 2.45) is 5.92 Å². The predicted octanol–water partition coefficient (Wildman–Crippen LogP) is 3.79. The summed E-state index contributed by atoms with van der Waals surface area (Å²) in [4.78, 5) is 31.6. The quantitative estimate of drug-likeness (QED) is 0.553. The number of thiazole rings is 1. The zero-order valence-electron chi connectivity index (χ0n) is 18.5. The van der Waals surface area contributed by atoms with E-state index in [9.17, 15) is 18.0 Å². The molecule has 0 aliphatic carbocycles. The van der Waals surface area contributed by atoms with Crippen LogP contribution >= 0.6 is 11.3 Å². The Balaban J connectivity index is 1.42. The molecule has 1 fully saturated rings. The topological polar surface area (TPSA) is 108 Å². The van der Waals surface area contributed by atoms with E-state index in [1.54, 1.807) is 29.2 Å². The number of hydrogen-bond acceptors (Lipinski definition) is 6. The van der Waals surface area contributed by atoms with Gasteiger partial charge in [0.15, 0.2) is 5.13 Å². The number of amides is 2. The summed E-state index contributed by atoms with van der Waals surface area (Å²) >= 11 is 1.29. The van der Waals surface area contributed by atoms with Gasteiger partial charge in [-0.3, -0.25) is 14.3 Å². The van der Waals surface area contributed by atoms with Crippen LogP contribution < -0.4 is 14.9 Å². The summed E-state index contributed by atoms with van der Waals surface area (Å²) in [7, 11) is -3.34. The largest absolute Gasteiger partial charge is 0.311 e. The van der Waals surface area contributed by atoms with E-state index >= 15 is 0 Å². The van der Waals surface area contributed by atoms with Gasteiger partial charge in [0.05, 0.1) is 17.9 Å². The number of rotatable bonds is 6. The van der Waals surface area contributed by atoms with Gasteiger partial charge in [-0.05, 0) is 43.2 Å². The highest BCUT2D eigenvalue weighted by atomic mass is 32.2. The Morgan fingerprint density at radius 2 is 1.88 bits per heavy atom. The summed E-state index contributed by atoms with van der Waals surface area (Å²) in [5.74, 6) is -0.748. The van der Waals surface area contributed by atoms with Crippen molar-refractivity contribution in [2.45, 2.75) is 20.3 Å². The van der Waals surface area contributed by atoms with Crippen LogP contribution in [-0.2, 0) is 19.6 Å². The molecule has 172 valence electrons.